The van der Waals surface area contributed by atoms with Gasteiger partial charge in [0.25, 0.3) is 0 Å². The molecule has 0 aromatic carbocycles. The molecule has 0 radical (unpaired) electrons. The second-order valence-corrected chi connectivity index (χ2v) is 6.33. The number of piperazine rings is 1. The minimum atomic E-state index is 0.733. The quantitative estimate of drug-likeness (QED) is 0.806. The van der Waals surface area contributed by atoms with Gasteiger partial charge in [0.05, 0.1) is 0 Å². The summed E-state index contributed by atoms with van der Waals surface area (Å²) in [6, 6.07) is 1.50. The summed E-state index contributed by atoms with van der Waals surface area (Å²) in [6.45, 7) is 11.0. The van der Waals surface area contributed by atoms with Gasteiger partial charge in [-0.05, 0) is 38.8 Å². The minimum absolute atomic E-state index is 0.733. The molecule has 106 valence electrons. The molecule has 1 N–H and O–H groups in total. The lowest BCUT2D eigenvalue weighted by Gasteiger charge is -2.41. The average Bonchev–Trinajstić information content (AvgIpc) is 2.76. The molecular formula is C15H31N3. The van der Waals surface area contributed by atoms with E-state index in [1.165, 1.54) is 58.4 Å². The molecule has 0 aromatic rings. The summed E-state index contributed by atoms with van der Waals surface area (Å²) in [5, 5.41) is 3.73. The average molecular weight is 253 g/mol. The van der Waals surface area contributed by atoms with Crippen LogP contribution < -0.4 is 5.32 Å². The fraction of sp³-hybridized carbons (Fsp3) is 1.00. The maximum Gasteiger partial charge on any atom is 0.0218 e. The Kier molecular flexibility index (Phi) is 5.46. The first-order valence-electron chi connectivity index (χ1n) is 7.88. The van der Waals surface area contributed by atoms with Gasteiger partial charge in [0.2, 0.25) is 0 Å². The second-order valence-electron chi connectivity index (χ2n) is 6.33. The first kappa shape index (κ1) is 14.3. The zero-order valence-corrected chi connectivity index (χ0v) is 12.5. The van der Waals surface area contributed by atoms with Gasteiger partial charge in [-0.15, -0.1) is 0 Å². The molecule has 3 nitrogen and oxygen atoms in total. The van der Waals surface area contributed by atoms with Gasteiger partial charge in [-0.2, -0.15) is 0 Å². The number of nitrogens with zero attached hydrogens (tertiary/aromatic N) is 2. The smallest absolute Gasteiger partial charge is 0.0218 e. The molecule has 0 aliphatic carbocycles. The highest BCUT2D eigenvalue weighted by Gasteiger charge is 2.29. The van der Waals surface area contributed by atoms with Crippen LogP contribution in [0.3, 0.4) is 0 Å². The summed E-state index contributed by atoms with van der Waals surface area (Å²) in [7, 11) is 2.26. The van der Waals surface area contributed by atoms with Gasteiger partial charge in [-0.25, -0.2) is 0 Å². The van der Waals surface area contributed by atoms with E-state index in [1.54, 1.807) is 0 Å². The van der Waals surface area contributed by atoms with E-state index >= 15 is 0 Å². The lowest BCUT2D eigenvalue weighted by molar-refractivity contribution is 0.105. The standard InChI is InChI=1S/C15H31N3/c1-4-6-14-12-18(15(5-2)9-16-14)11-13-7-8-17(3)10-13/h13-16H,4-12H2,1-3H3. The van der Waals surface area contributed by atoms with E-state index in [9.17, 15) is 0 Å². The molecule has 0 amide bonds. The Bertz CT molecular complexity index is 244. The third-order valence-corrected chi connectivity index (χ3v) is 4.70. The number of likely N-dealkylation sites (tertiary alicyclic amines) is 1. The summed E-state index contributed by atoms with van der Waals surface area (Å²) < 4.78 is 0. The summed E-state index contributed by atoms with van der Waals surface area (Å²) in [5.41, 5.74) is 0. The Morgan fingerprint density at radius 1 is 1.22 bits per heavy atom. The molecule has 0 saturated carbocycles. The van der Waals surface area contributed by atoms with Crippen LogP contribution in [0.4, 0.5) is 0 Å². The van der Waals surface area contributed by atoms with E-state index in [1.807, 2.05) is 0 Å². The van der Waals surface area contributed by atoms with Crippen molar-refractivity contribution in [2.24, 2.45) is 5.92 Å². The van der Waals surface area contributed by atoms with Crippen LogP contribution >= 0.6 is 0 Å². The van der Waals surface area contributed by atoms with E-state index < -0.39 is 0 Å². The predicted molar refractivity (Wildman–Crippen MR) is 78.0 cm³/mol. The molecule has 2 saturated heterocycles. The normalized spacial score (nSPS) is 35.2. The Hall–Kier alpha value is -0.120. The van der Waals surface area contributed by atoms with E-state index in [-0.39, 0.29) is 0 Å². The fourth-order valence-corrected chi connectivity index (χ4v) is 3.60. The van der Waals surface area contributed by atoms with Crippen molar-refractivity contribution in [3.05, 3.63) is 0 Å². The van der Waals surface area contributed by atoms with Gasteiger partial charge in [0.1, 0.15) is 0 Å². The Morgan fingerprint density at radius 2 is 2.06 bits per heavy atom. The van der Waals surface area contributed by atoms with Crippen molar-refractivity contribution < 1.29 is 0 Å². The Morgan fingerprint density at radius 3 is 2.67 bits per heavy atom. The van der Waals surface area contributed by atoms with Gasteiger partial charge in [-0.3, -0.25) is 4.90 Å². The molecule has 3 heteroatoms. The van der Waals surface area contributed by atoms with E-state index in [4.69, 9.17) is 0 Å². The van der Waals surface area contributed by atoms with Crippen molar-refractivity contribution in [3.8, 4) is 0 Å². The summed E-state index contributed by atoms with van der Waals surface area (Å²) in [4.78, 5) is 5.26. The predicted octanol–water partition coefficient (Wildman–Crippen LogP) is 1.79. The molecule has 2 aliphatic rings. The molecule has 2 aliphatic heterocycles. The van der Waals surface area contributed by atoms with Gasteiger partial charge in [-0.1, -0.05) is 20.3 Å². The number of nitrogens with one attached hydrogen (secondary N) is 1. The molecular weight excluding hydrogens is 222 g/mol. The zero-order chi connectivity index (χ0) is 13.0. The minimum Gasteiger partial charge on any atom is -0.311 e. The van der Waals surface area contributed by atoms with Crippen LogP contribution in [0.2, 0.25) is 0 Å². The molecule has 2 rings (SSSR count). The topological polar surface area (TPSA) is 18.5 Å². The SMILES string of the molecule is CCCC1CN(CC2CCN(C)C2)C(CC)CN1. The Balaban J connectivity index is 1.85. The van der Waals surface area contributed by atoms with Crippen molar-refractivity contribution in [1.82, 2.24) is 15.1 Å². The van der Waals surface area contributed by atoms with Crippen LogP contribution in [0.25, 0.3) is 0 Å². The summed E-state index contributed by atoms with van der Waals surface area (Å²) >= 11 is 0. The fourth-order valence-electron chi connectivity index (χ4n) is 3.60. The molecule has 0 bridgehead atoms. The maximum absolute atomic E-state index is 3.73. The van der Waals surface area contributed by atoms with E-state index in [0.29, 0.717) is 0 Å². The molecule has 3 atom stereocenters. The second kappa shape index (κ2) is 6.88. The van der Waals surface area contributed by atoms with Crippen molar-refractivity contribution >= 4 is 0 Å². The van der Waals surface area contributed by atoms with Crippen LogP contribution in [0.5, 0.6) is 0 Å². The van der Waals surface area contributed by atoms with Gasteiger partial charge in [0.15, 0.2) is 0 Å². The first-order chi connectivity index (χ1) is 8.72. The van der Waals surface area contributed by atoms with E-state index in [2.05, 4.69) is 36.0 Å². The largest absolute Gasteiger partial charge is 0.311 e. The highest BCUT2D eigenvalue weighted by atomic mass is 15.2. The summed E-state index contributed by atoms with van der Waals surface area (Å²) in [5.74, 6) is 0.907. The molecule has 0 aromatic heterocycles. The summed E-state index contributed by atoms with van der Waals surface area (Å²) in [6.07, 6.45) is 5.32. The number of hydrogen-bond donors (Lipinski definition) is 1. The molecule has 18 heavy (non-hydrogen) atoms. The molecule has 3 unspecified atom stereocenters. The van der Waals surface area contributed by atoms with Crippen molar-refractivity contribution in [2.75, 3.05) is 39.8 Å². The highest BCUT2D eigenvalue weighted by molar-refractivity contribution is 4.87. The molecule has 2 heterocycles. The third kappa shape index (κ3) is 3.69. The lowest BCUT2D eigenvalue weighted by atomic mass is 10.0. The number of hydrogen-bond acceptors (Lipinski definition) is 3. The highest BCUT2D eigenvalue weighted by Crippen LogP contribution is 2.20. The van der Waals surface area contributed by atoms with E-state index in [0.717, 1.165) is 18.0 Å². The van der Waals surface area contributed by atoms with Crippen molar-refractivity contribution in [3.63, 3.8) is 0 Å². The zero-order valence-electron chi connectivity index (χ0n) is 12.5. The van der Waals surface area contributed by atoms with Crippen LogP contribution in [-0.2, 0) is 0 Å². The first-order valence-corrected chi connectivity index (χ1v) is 7.88. The van der Waals surface area contributed by atoms with Crippen molar-refractivity contribution in [2.45, 2.75) is 51.6 Å². The Labute approximate surface area is 113 Å². The van der Waals surface area contributed by atoms with Gasteiger partial charge >= 0.3 is 0 Å². The monoisotopic (exact) mass is 253 g/mol. The molecule has 2 fully saturated rings. The third-order valence-electron chi connectivity index (χ3n) is 4.70. The van der Waals surface area contributed by atoms with Crippen LogP contribution in [0, 0.1) is 5.92 Å². The van der Waals surface area contributed by atoms with Crippen LogP contribution in [0.1, 0.15) is 39.5 Å². The lowest BCUT2D eigenvalue weighted by Crippen LogP contribution is -2.57. The van der Waals surface area contributed by atoms with Gasteiger partial charge < -0.3 is 10.2 Å². The number of rotatable bonds is 5. The maximum atomic E-state index is 3.73. The molecule has 0 spiro atoms. The van der Waals surface area contributed by atoms with Gasteiger partial charge in [0, 0.05) is 38.3 Å². The van der Waals surface area contributed by atoms with Crippen LogP contribution in [-0.4, -0.2) is 61.7 Å². The van der Waals surface area contributed by atoms with Crippen molar-refractivity contribution in [1.29, 1.82) is 0 Å². The van der Waals surface area contributed by atoms with Crippen LogP contribution in [0.15, 0.2) is 0 Å².